The van der Waals surface area contributed by atoms with Gasteiger partial charge in [0.25, 0.3) is 0 Å². The summed E-state index contributed by atoms with van der Waals surface area (Å²) in [6.07, 6.45) is 3.96. The zero-order valence-electron chi connectivity index (χ0n) is 13.9. The molecule has 0 bridgehead atoms. The smallest absolute Gasteiger partial charge is 0.220 e. The van der Waals surface area contributed by atoms with Crippen LogP contribution >= 0.6 is 0 Å². The number of nitrogens with two attached hydrogens (primary N) is 1. The fraction of sp³-hybridized carbons (Fsp3) is 0.800. The molecular weight excluding hydrogens is 266 g/mol. The van der Waals surface area contributed by atoms with Crippen LogP contribution in [0.3, 0.4) is 0 Å². The van der Waals surface area contributed by atoms with E-state index < -0.39 is 0 Å². The van der Waals surface area contributed by atoms with Gasteiger partial charge in [-0.25, -0.2) is 0 Å². The highest BCUT2D eigenvalue weighted by molar-refractivity contribution is 5.76. The Bertz CT molecular complexity index is 449. The molecule has 0 aliphatic carbocycles. The topological polar surface area (TPSA) is 85.8 Å². The molecule has 2 atom stereocenters. The van der Waals surface area contributed by atoms with Gasteiger partial charge in [-0.15, -0.1) is 10.2 Å². The lowest BCUT2D eigenvalue weighted by Gasteiger charge is -2.30. The van der Waals surface area contributed by atoms with E-state index >= 15 is 0 Å². The van der Waals surface area contributed by atoms with Crippen LogP contribution in [-0.4, -0.2) is 27.2 Å². The van der Waals surface area contributed by atoms with Gasteiger partial charge in [-0.1, -0.05) is 20.8 Å². The third-order valence-corrected chi connectivity index (χ3v) is 3.97. The first kappa shape index (κ1) is 17.6. The Labute approximate surface area is 127 Å². The fourth-order valence-electron chi connectivity index (χ4n) is 2.58. The lowest BCUT2D eigenvalue weighted by Crippen LogP contribution is -2.30. The minimum atomic E-state index is -0.132. The van der Waals surface area contributed by atoms with Crippen molar-refractivity contribution >= 4 is 5.91 Å². The summed E-state index contributed by atoms with van der Waals surface area (Å²) in [7, 11) is 1.87. The Kier molecular flexibility index (Phi) is 6.33. The number of amides is 1. The Morgan fingerprint density at radius 2 is 2.10 bits per heavy atom. The number of aryl methyl sites for hydroxylation is 1. The van der Waals surface area contributed by atoms with Gasteiger partial charge in [0, 0.05) is 13.5 Å². The van der Waals surface area contributed by atoms with Crippen LogP contribution in [0.2, 0.25) is 0 Å². The third-order valence-electron chi connectivity index (χ3n) is 3.97. The average molecular weight is 295 g/mol. The summed E-state index contributed by atoms with van der Waals surface area (Å²) in [6, 6.07) is -0.132. The fourth-order valence-corrected chi connectivity index (χ4v) is 2.58. The number of carbonyl (C=O) groups is 1. The predicted octanol–water partition coefficient (Wildman–Crippen LogP) is 1.78. The molecule has 0 saturated heterocycles. The normalized spacial score (nSPS) is 14.8. The maximum Gasteiger partial charge on any atom is 0.220 e. The van der Waals surface area contributed by atoms with Crippen LogP contribution in [0.1, 0.15) is 58.8 Å². The molecule has 0 radical (unpaired) electrons. The molecule has 6 heteroatoms. The number of nitrogens with one attached hydrogen (secondary N) is 1. The zero-order chi connectivity index (χ0) is 16.0. The van der Waals surface area contributed by atoms with Crippen molar-refractivity contribution in [1.29, 1.82) is 0 Å². The van der Waals surface area contributed by atoms with E-state index in [0.717, 1.165) is 18.7 Å². The Morgan fingerprint density at radius 1 is 1.43 bits per heavy atom. The molecule has 0 saturated carbocycles. The molecule has 1 aromatic heterocycles. The predicted molar refractivity (Wildman–Crippen MR) is 83.4 cm³/mol. The van der Waals surface area contributed by atoms with Crippen LogP contribution in [-0.2, 0) is 11.8 Å². The first-order valence-corrected chi connectivity index (χ1v) is 7.59. The van der Waals surface area contributed by atoms with Crippen LogP contribution in [0.15, 0.2) is 6.33 Å². The highest BCUT2D eigenvalue weighted by atomic mass is 16.1. The van der Waals surface area contributed by atoms with Gasteiger partial charge in [0.05, 0.1) is 6.04 Å². The molecule has 1 heterocycles. The summed E-state index contributed by atoms with van der Waals surface area (Å²) in [5.74, 6) is 1.27. The van der Waals surface area contributed by atoms with Crippen molar-refractivity contribution in [3.05, 3.63) is 12.2 Å². The van der Waals surface area contributed by atoms with Crippen molar-refractivity contribution in [3.8, 4) is 0 Å². The third kappa shape index (κ3) is 5.46. The molecule has 0 aromatic carbocycles. The van der Waals surface area contributed by atoms with E-state index in [-0.39, 0.29) is 17.4 Å². The maximum absolute atomic E-state index is 12.1. The summed E-state index contributed by atoms with van der Waals surface area (Å²) >= 11 is 0. The molecule has 1 aromatic rings. The highest BCUT2D eigenvalue weighted by Gasteiger charge is 2.24. The second-order valence-corrected chi connectivity index (χ2v) is 6.77. The van der Waals surface area contributed by atoms with Crippen LogP contribution < -0.4 is 11.1 Å². The summed E-state index contributed by atoms with van der Waals surface area (Å²) in [5, 5.41) is 10.8. The Balaban J connectivity index is 2.48. The van der Waals surface area contributed by atoms with Crippen molar-refractivity contribution in [2.24, 2.45) is 24.1 Å². The highest BCUT2D eigenvalue weighted by Crippen LogP contribution is 2.32. The quantitative estimate of drug-likeness (QED) is 0.803. The van der Waals surface area contributed by atoms with E-state index in [2.05, 4.69) is 36.3 Å². The molecule has 21 heavy (non-hydrogen) atoms. The number of rotatable bonds is 7. The molecule has 6 nitrogen and oxygen atoms in total. The van der Waals surface area contributed by atoms with E-state index in [1.165, 1.54) is 0 Å². The zero-order valence-corrected chi connectivity index (χ0v) is 13.9. The van der Waals surface area contributed by atoms with Crippen LogP contribution in [0.25, 0.3) is 0 Å². The average Bonchev–Trinajstić information content (AvgIpc) is 2.79. The molecule has 0 fully saturated rings. The van der Waals surface area contributed by atoms with Gasteiger partial charge in [0.2, 0.25) is 5.91 Å². The van der Waals surface area contributed by atoms with Crippen LogP contribution in [0.4, 0.5) is 0 Å². The Hall–Kier alpha value is -1.43. The van der Waals surface area contributed by atoms with Crippen LogP contribution in [0.5, 0.6) is 0 Å². The van der Waals surface area contributed by atoms with Crippen molar-refractivity contribution < 1.29 is 4.79 Å². The molecule has 3 N–H and O–H groups in total. The first-order valence-electron chi connectivity index (χ1n) is 7.59. The summed E-state index contributed by atoms with van der Waals surface area (Å²) in [5.41, 5.74) is 5.85. The molecule has 0 aliphatic rings. The number of nitrogens with zero attached hydrogens (tertiary/aromatic N) is 3. The van der Waals surface area contributed by atoms with Gasteiger partial charge in [-0.2, -0.15) is 0 Å². The lowest BCUT2D eigenvalue weighted by molar-refractivity contribution is -0.122. The van der Waals surface area contributed by atoms with Gasteiger partial charge in [0.15, 0.2) is 5.82 Å². The van der Waals surface area contributed by atoms with Gasteiger partial charge in [0.1, 0.15) is 6.33 Å². The lowest BCUT2D eigenvalue weighted by atomic mass is 9.76. The minimum absolute atomic E-state index is 0.0526. The summed E-state index contributed by atoms with van der Waals surface area (Å²) in [4.78, 5) is 12.1. The monoisotopic (exact) mass is 295 g/mol. The molecule has 1 amide bonds. The standard InChI is InChI=1S/C15H29N5O/c1-11(14-19-17-10-20(14)5)18-13(21)7-6-12(8-9-16)15(2,3)4/h10-12H,6-9,16H2,1-5H3,(H,18,21). The SMILES string of the molecule is CC(NC(=O)CCC(CCN)C(C)(C)C)c1nncn1C. The van der Waals surface area contributed by atoms with E-state index in [0.29, 0.717) is 18.9 Å². The van der Waals surface area contributed by atoms with E-state index in [9.17, 15) is 4.79 Å². The molecule has 0 spiro atoms. The van der Waals surface area contributed by atoms with Gasteiger partial charge >= 0.3 is 0 Å². The molecule has 2 unspecified atom stereocenters. The minimum Gasteiger partial charge on any atom is -0.346 e. The van der Waals surface area contributed by atoms with Crippen molar-refractivity contribution in [2.45, 2.75) is 53.0 Å². The van der Waals surface area contributed by atoms with E-state index in [1.807, 2.05) is 18.5 Å². The van der Waals surface area contributed by atoms with Gasteiger partial charge in [-0.05, 0) is 37.6 Å². The van der Waals surface area contributed by atoms with E-state index in [1.54, 1.807) is 6.33 Å². The number of hydrogen-bond donors (Lipinski definition) is 2. The second kappa shape index (κ2) is 7.54. The largest absolute Gasteiger partial charge is 0.346 e. The molecule has 1 rings (SSSR count). The van der Waals surface area contributed by atoms with Crippen molar-refractivity contribution in [2.75, 3.05) is 6.54 Å². The number of aromatic nitrogens is 3. The van der Waals surface area contributed by atoms with Gasteiger partial charge < -0.3 is 15.6 Å². The van der Waals surface area contributed by atoms with E-state index in [4.69, 9.17) is 5.73 Å². The molecule has 0 aliphatic heterocycles. The van der Waals surface area contributed by atoms with Crippen molar-refractivity contribution in [1.82, 2.24) is 20.1 Å². The van der Waals surface area contributed by atoms with Crippen LogP contribution in [0, 0.1) is 11.3 Å². The Morgan fingerprint density at radius 3 is 2.57 bits per heavy atom. The summed E-state index contributed by atoms with van der Waals surface area (Å²) in [6.45, 7) is 9.19. The summed E-state index contributed by atoms with van der Waals surface area (Å²) < 4.78 is 1.82. The molecule has 120 valence electrons. The first-order chi connectivity index (χ1) is 9.75. The number of carbonyl (C=O) groups excluding carboxylic acids is 1. The second-order valence-electron chi connectivity index (χ2n) is 6.77. The number of hydrogen-bond acceptors (Lipinski definition) is 4. The van der Waals surface area contributed by atoms with Gasteiger partial charge in [-0.3, -0.25) is 4.79 Å². The van der Waals surface area contributed by atoms with Crippen molar-refractivity contribution in [3.63, 3.8) is 0 Å². The molecular formula is C15H29N5O. The maximum atomic E-state index is 12.1.